The molecule has 2 aromatic carbocycles. The molecule has 0 bridgehead atoms. The van der Waals surface area contributed by atoms with E-state index >= 15 is 0 Å². The first kappa shape index (κ1) is 26.7. The maximum atomic E-state index is 6.61. The van der Waals surface area contributed by atoms with E-state index in [-0.39, 0.29) is 11.1 Å². The smallest absolute Gasteiger partial charge is 0.192 e. The SMILES string of the molecule is COC(O[Si](C)(C)C)[C@H](CO[Si](C)(C)C(C)(C)C)N=C(c1ccccc1)c1ccccc1. The van der Waals surface area contributed by atoms with Gasteiger partial charge in [0.25, 0.3) is 0 Å². The van der Waals surface area contributed by atoms with Crippen molar-refractivity contribution in [3.63, 3.8) is 0 Å². The summed E-state index contributed by atoms with van der Waals surface area (Å²) in [7, 11) is -2.13. The minimum Gasteiger partial charge on any atom is -0.414 e. The van der Waals surface area contributed by atoms with Crippen molar-refractivity contribution in [3.05, 3.63) is 71.8 Å². The van der Waals surface area contributed by atoms with E-state index in [0.717, 1.165) is 16.8 Å². The average molecular weight is 472 g/mol. The van der Waals surface area contributed by atoms with Gasteiger partial charge < -0.3 is 13.6 Å². The van der Waals surface area contributed by atoms with Gasteiger partial charge in [0.1, 0.15) is 6.04 Å². The summed E-state index contributed by atoms with van der Waals surface area (Å²) >= 11 is 0. The molecule has 2 atom stereocenters. The molecule has 0 aromatic heterocycles. The van der Waals surface area contributed by atoms with Crippen molar-refractivity contribution in [1.29, 1.82) is 0 Å². The van der Waals surface area contributed by atoms with Gasteiger partial charge in [-0.15, -0.1) is 0 Å². The summed E-state index contributed by atoms with van der Waals surface area (Å²) in [5.41, 5.74) is 3.06. The van der Waals surface area contributed by atoms with Crippen molar-refractivity contribution in [1.82, 2.24) is 0 Å². The van der Waals surface area contributed by atoms with E-state index in [4.69, 9.17) is 18.6 Å². The van der Waals surface area contributed by atoms with Crippen LogP contribution in [0.25, 0.3) is 0 Å². The van der Waals surface area contributed by atoms with Gasteiger partial charge >= 0.3 is 0 Å². The molecule has 0 saturated heterocycles. The molecule has 2 rings (SSSR count). The molecular formula is C26H41NO3Si2. The van der Waals surface area contributed by atoms with Crippen molar-refractivity contribution in [2.24, 2.45) is 4.99 Å². The van der Waals surface area contributed by atoms with Gasteiger partial charge in [-0.2, -0.15) is 0 Å². The molecule has 0 aliphatic heterocycles. The van der Waals surface area contributed by atoms with Crippen molar-refractivity contribution < 1.29 is 13.6 Å². The molecule has 0 saturated carbocycles. The Balaban J connectivity index is 2.52. The number of nitrogens with zero attached hydrogens (tertiary/aromatic N) is 1. The summed E-state index contributed by atoms with van der Waals surface area (Å²) in [5, 5.41) is 0.116. The highest BCUT2D eigenvalue weighted by Crippen LogP contribution is 2.37. The summed E-state index contributed by atoms with van der Waals surface area (Å²) in [6.45, 7) is 18.3. The van der Waals surface area contributed by atoms with E-state index in [1.54, 1.807) is 7.11 Å². The van der Waals surface area contributed by atoms with Crippen LogP contribution >= 0.6 is 0 Å². The van der Waals surface area contributed by atoms with Gasteiger partial charge in [-0.25, -0.2) is 0 Å². The molecule has 1 unspecified atom stereocenters. The van der Waals surface area contributed by atoms with Gasteiger partial charge in [0, 0.05) is 18.2 Å². The van der Waals surface area contributed by atoms with Crippen LogP contribution in [0.1, 0.15) is 31.9 Å². The molecular weight excluding hydrogens is 430 g/mol. The maximum absolute atomic E-state index is 6.61. The summed E-state index contributed by atoms with van der Waals surface area (Å²) in [6.07, 6.45) is -0.464. The number of methoxy groups -OCH3 is 1. The lowest BCUT2D eigenvalue weighted by atomic mass is 10.0. The van der Waals surface area contributed by atoms with Crippen LogP contribution in [0, 0.1) is 0 Å². The van der Waals surface area contributed by atoms with Crippen LogP contribution < -0.4 is 0 Å². The first-order valence-corrected chi connectivity index (χ1v) is 17.7. The molecule has 176 valence electrons. The van der Waals surface area contributed by atoms with Crippen molar-refractivity contribution >= 4 is 22.3 Å². The Bertz CT molecular complexity index is 815. The number of hydrogen-bond donors (Lipinski definition) is 0. The molecule has 0 amide bonds. The molecule has 0 fully saturated rings. The van der Waals surface area contributed by atoms with E-state index < -0.39 is 22.9 Å². The van der Waals surface area contributed by atoms with Crippen LogP contribution in [0.3, 0.4) is 0 Å². The second kappa shape index (κ2) is 11.0. The highest BCUT2D eigenvalue weighted by atomic mass is 28.4. The lowest BCUT2D eigenvalue weighted by molar-refractivity contribution is -0.0822. The predicted octanol–water partition coefficient (Wildman–Crippen LogP) is 6.74. The van der Waals surface area contributed by atoms with E-state index in [1.807, 2.05) is 36.4 Å². The third kappa shape index (κ3) is 7.78. The molecule has 6 heteroatoms. The summed E-state index contributed by atoms with van der Waals surface area (Å²) in [4.78, 5) is 5.24. The molecule has 0 aliphatic carbocycles. The number of ether oxygens (including phenoxy) is 1. The third-order valence-corrected chi connectivity index (χ3v) is 11.3. The van der Waals surface area contributed by atoms with Gasteiger partial charge in [-0.3, -0.25) is 4.99 Å². The Morgan fingerprint density at radius 1 is 0.844 bits per heavy atom. The molecule has 32 heavy (non-hydrogen) atoms. The molecule has 0 aliphatic rings. The standard InChI is InChI=1S/C26H41NO3Si2/c1-26(2,3)32(8,9)29-20-23(25(28-4)30-31(5,6)7)27-24(21-16-12-10-13-17-21)22-18-14-11-15-19-22/h10-19,23,25H,20H2,1-9H3/t23-,25?/m0/s1. The Kier molecular flexibility index (Phi) is 9.19. The zero-order valence-corrected chi connectivity index (χ0v) is 23.3. The van der Waals surface area contributed by atoms with Crippen molar-refractivity contribution in [2.75, 3.05) is 13.7 Å². The lowest BCUT2D eigenvalue weighted by Gasteiger charge is -2.38. The normalized spacial score (nSPS) is 14.7. The summed E-state index contributed by atoms with van der Waals surface area (Å²) in [5.74, 6) is 0. The van der Waals surface area contributed by atoms with Crippen LogP contribution in [-0.2, 0) is 13.6 Å². The Hall–Kier alpha value is -1.58. The molecule has 0 spiro atoms. The summed E-state index contributed by atoms with van der Waals surface area (Å²) < 4.78 is 18.9. The van der Waals surface area contributed by atoms with Crippen LogP contribution in [0.2, 0.25) is 37.8 Å². The van der Waals surface area contributed by atoms with Crippen LogP contribution in [0.4, 0.5) is 0 Å². The maximum Gasteiger partial charge on any atom is 0.192 e. The van der Waals surface area contributed by atoms with Gasteiger partial charge in [0.2, 0.25) is 0 Å². The van der Waals surface area contributed by atoms with Gasteiger partial charge in [0.05, 0.1) is 12.3 Å². The number of rotatable bonds is 10. The zero-order valence-electron chi connectivity index (χ0n) is 21.3. The molecule has 0 radical (unpaired) electrons. The van der Waals surface area contributed by atoms with E-state index in [9.17, 15) is 0 Å². The molecule has 0 heterocycles. The van der Waals surface area contributed by atoms with Crippen molar-refractivity contribution in [3.8, 4) is 0 Å². The largest absolute Gasteiger partial charge is 0.414 e. The van der Waals surface area contributed by atoms with E-state index in [2.05, 4.69) is 77.8 Å². The third-order valence-electron chi connectivity index (χ3n) is 5.83. The fourth-order valence-electron chi connectivity index (χ4n) is 2.99. The summed E-state index contributed by atoms with van der Waals surface area (Å²) in [6, 6.07) is 20.3. The number of benzene rings is 2. The fourth-order valence-corrected chi connectivity index (χ4v) is 4.96. The first-order chi connectivity index (χ1) is 14.8. The Labute approximate surface area is 197 Å². The average Bonchev–Trinajstić information content (AvgIpc) is 2.72. The van der Waals surface area contributed by atoms with Crippen LogP contribution in [0.15, 0.2) is 65.7 Å². The quantitative estimate of drug-likeness (QED) is 0.219. The fraction of sp³-hybridized carbons (Fsp3) is 0.500. The highest BCUT2D eigenvalue weighted by Gasteiger charge is 2.39. The second-order valence-electron chi connectivity index (χ2n) is 10.7. The minimum absolute atomic E-state index is 0.116. The monoisotopic (exact) mass is 471 g/mol. The van der Waals surface area contributed by atoms with E-state index in [1.165, 1.54) is 0 Å². The second-order valence-corrected chi connectivity index (χ2v) is 20.0. The van der Waals surface area contributed by atoms with E-state index in [0.29, 0.717) is 6.61 Å². The number of aliphatic imine (C=N–C) groups is 1. The Morgan fingerprint density at radius 2 is 1.31 bits per heavy atom. The molecule has 2 aromatic rings. The Morgan fingerprint density at radius 3 is 1.69 bits per heavy atom. The minimum atomic E-state index is -1.96. The van der Waals surface area contributed by atoms with Crippen LogP contribution in [-0.4, -0.2) is 48.4 Å². The van der Waals surface area contributed by atoms with Crippen molar-refractivity contribution in [2.45, 2.75) is 70.9 Å². The predicted molar refractivity (Wildman–Crippen MR) is 141 cm³/mol. The molecule has 4 nitrogen and oxygen atoms in total. The lowest BCUT2D eigenvalue weighted by Crippen LogP contribution is -2.47. The molecule has 0 N–H and O–H groups in total. The first-order valence-electron chi connectivity index (χ1n) is 11.4. The van der Waals surface area contributed by atoms with Gasteiger partial charge in [-0.05, 0) is 37.8 Å². The number of hydrogen-bond acceptors (Lipinski definition) is 4. The topological polar surface area (TPSA) is 40.0 Å². The highest BCUT2D eigenvalue weighted by molar-refractivity contribution is 6.74. The zero-order chi connectivity index (χ0) is 24.0. The van der Waals surface area contributed by atoms with Gasteiger partial charge in [-0.1, -0.05) is 81.4 Å². The van der Waals surface area contributed by atoms with Crippen LogP contribution in [0.5, 0.6) is 0 Å². The van der Waals surface area contributed by atoms with Gasteiger partial charge in [0.15, 0.2) is 22.9 Å².